The number of hydrogen-bond donors (Lipinski definition) is 1. The van der Waals surface area contributed by atoms with Crippen LogP contribution in [-0.4, -0.2) is 23.9 Å². The Morgan fingerprint density at radius 2 is 1.68 bits per heavy atom. The van der Waals surface area contributed by atoms with E-state index >= 15 is 0 Å². The standard InChI is InChI=1S/C19H22N2O/c1-19(20,17-10-6-3-7-11-17)18(22)21-13-12-16(14-21)15-8-4-2-5-9-15/h2-11,16H,12-14,20H2,1H3. The Hall–Kier alpha value is -2.13. The van der Waals surface area contributed by atoms with Crippen LogP contribution in [0.1, 0.15) is 30.4 Å². The molecular formula is C19H22N2O. The van der Waals surface area contributed by atoms with Crippen LogP contribution < -0.4 is 5.73 Å². The molecule has 0 aliphatic carbocycles. The van der Waals surface area contributed by atoms with E-state index in [1.807, 2.05) is 41.3 Å². The SMILES string of the molecule is CC(N)(C(=O)N1CCC(c2ccccc2)C1)c1ccccc1. The Morgan fingerprint density at radius 1 is 1.09 bits per heavy atom. The van der Waals surface area contributed by atoms with Crippen molar-refractivity contribution >= 4 is 5.91 Å². The number of carbonyl (C=O) groups is 1. The second-order valence-electron chi connectivity index (χ2n) is 6.22. The van der Waals surface area contributed by atoms with E-state index in [4.69, 9.17) is 5.73 Å². The van der Waals surface area contributed by atoms with Gasteiger partial charge in [-0.2, -0.15) is 0 Å². The molecule has 1 fully saturated rings. The van der Waals surface area contributed by atoms with Crippen molar-refractivity contribution in [3.8, 4) is 0 Å². The van der Waals surface area contributed by atoms with E-state index in [-0.39, 0.29) is 5.91 Å². The van der Waals surface area contributed by atoms with Crippen molar-refractivity contribution in [2.75, 3.05) is 13.1 Å². The molecule has 22 heavy (non-hydrogen) atoms. The molecule has 3 rings (SSSR count). The lowest BCUT2D eigenvalue weighted by Crippen LogP contribution is -2.50. The molecule has 1 saturated heterocycles. The molecule has 2 atom stereocenters. The number of carbonyl (C=O) groups excluding carboxylic acids is 1. The largest absolute Gasteiger partial charge is 0.340 e. The summed E-state index contributed by atoms with van der Waals surface area (Å²) in [5.41, 5.74) is 7.55. The van der Waals surface area contributed by atoms with Gasteiger partial charge in [0.2, 0.25) is 5.91 Å². The van der Waals surface area contributed by atoms with Crippen LogP contribution in [-0.2, 0) is 10.3 Å². The summed E-state index contributed by atoms with van der Waals surface area (Å²) in [6.07, 6.45) is 1.00. The van der Waals surface area contributed by atoms with Gasteiger partial charge in [-0.05, 0) is 24.5 Å². The molecule has 2 unspecified atom stereocenters. The van der Waals surface area contributed by atoms with Gasteiger partial charge in [-0.25, -0.2) is 0 Å². The third-order valence-electron chi connectivity index (χ3n) is 4.56. The van der Waals surface area contributed by atoms with Gasteiger partial charge in [0, 0.05) is 19.0 Å². The normalized spacial score (nSPS) is 20.6. The first kappa shape index (κ1) is 14.8. The van der Waals surface area contributed by atoms with Gasteiger partial charge >= 0.3 is 0 Å². The lowest BCUT2D eigenvalue weighted by Gasteiger charge is -2.29. The molecule has 0 radical (unpaired) electrons. The Labute approximate surface area is 131 Å². The second kappa shape index (κ2) is 5.93. The number of nitrogens with zero attached hydrogens (tertiary/aromatic N) is 1. The Bertz CT molecular complexity index is 637. The minimum absolute atomic E-state index is 0.0112. The van der Waals surface area contributed by atoms with Crippen molar-refractivity contribution < 1.29 is 4.79 Å². The third kappa shape index (κ3) is 2.77. The molecule has 1 aliphatic rings. The number of benzene rings is 2. The van der Waals surface area contributed by atoms with Crippen molar-refractivity contribution in [3.63, 3.8) is 0 Å². The van der Waals surface area contributed by atoms with Crippen molar-refractivity contribution in [1.82, 2.24) is 4.90 Å². The van der Waals surface area contributed by atoms with Gasteiger partial charge < -0.3 is 10.6 Å². The van der Waals surface area contributed by atoms with Crippen LogP contribution in [0.3, 0.4) is 0 Å². The van der Waals surface area contributed by atoms with E-state index in [0.29, 0.717) is 5.92 Å². The maximum atomic E-state index is 12.8. The summed E-state index contributed by atoms with van der Waals surface area (Å²) in [6.45, 7) is 3.33. The van der Waals surface area contributed by atoms with E-state index in [9.17, 15) is 4.79 Å². The summed E-state index contributed by atoms with van der Waals surface area (Å²) in [4.78, 5) is 14.8. The van der Waals surface area contributed by atoms with Gasteiger partial charge in [-0.15, -0.1) is 0 Å². The topological polar surface area (TPSA) is 46.3 Å². The molecule has 0 saturated carbocycles. The van der Waals surface area contributed by atoms with Crippen molar-refractivity contribution in [2.45, 2.75) is 24.8 Å². The molecule has 0 aromatic heterocycles. The van der Waals surface area contributed by atoms with Crippen LogP contribution in [0.2, 0.25) is 0 Å². The van der Waals surface area contributed by atoms with Crippen LogP contribution in [0.25, 0.3) is 0 Å². The fraction of sp³-hybridized carbons (Fsp3) is 0.316. The molecule has 1 heterocycles. The van der Waals surface area contributed by atoms with Crippen LogP contribution in [0.15, 0.2) is 60.7 Å². The summed E-state index contributed by atoms with van der Waals surface area (Å²) < 4.78 is 0. The maximum Gasteiger partial charge on any atom is 0.246 e. The molecule has 2 aromatic carbocycles. The van der Waals surface area contributed by atoms with E-state index in [1.54, 1.807) is 6.92 Å². The Kier molecular flexibility index (Phi) is 3.99. The highest BCUT2D eigenvalue weighted by Crippen LogP contribution is 2.30. The zero-order chi connectivity index (χ0) is 15.6. The molecule has 3 heteroatoms. The van der Waals surface area contributed by atoms with E-state index in [0.717, 1.165) is 25.1 Å². The van der Waals surface area contributed by atoms with E-state index in [2.05, 4.69) is 24.3 Å². The number of likely N-dealkylation sites (tertiary alicyclic amines) is 1. The molecule has 1 aliphatic heterocycles. The van der Waals surface area contributed by atoms with E-state index in [1.165, 1.54) is 5.56 Å². The van der Waals surface area contributed by atoms with Gasteiger partial charge in [0.1, 0.15) is 5.54 Å². The van der Waals surface area contributed by atoms with Crippen molar-refractivity contribution in [3.05, 3.63) is 71.8 Å². The van der Waals surface area contributed by atoms with Gasteiger partial charge in [0.25, 0.3) is 0 Å². The highest BCUT2D eigenvalue weighted by molar-refractivity contribution is 5.87. The molecule has 114 valence electrons. The summed E-state index contributed by atoms with van der Waals surface area (Å²) in [5, 5.41) is 0. The average Bonchev–Trinajstić information content (AvgIpc) is 3.05. The first-order valence-corrected chi connectivity index (χ1v) is 7.78. The zero-order valence-corrected chi connectivity index (χ0v) is 12.9. The zero-order valence-electron chi connectivity index (χ0n) is 12.9. The molecule has 3 nitrogen and oxygen atoms in total. The third-order valence-corrected chi connectivity index (χ3v) is 4.56. The molecule has 2 N–H and O–H groups in total. The van der Waals surface area contributed by atoms with Crippen molar-refractivity contribution in [2.24, 2.45) is 5.73 Å². The van der Waals surface area contributed by atoms with Gasteiger partial charge in [-0.3, -0.25) is 4.79 Å². The highest BCUT2D eigenvalue weighted by atomic mass is 16.2. The maximum absolute atomic E-state index is 12.8. The predicted molar refractivity (Wildman–Crippen MR) is 88.4 cm³/mol. The summed E-state index contributed by atoms with van der Waals surface area (Å²) in [6, 6.07) is 20.0. The summed E-state index contributed by atoms with van der Waals surface area (Å²) >= 11 is 0. The summed E-state index contributed by atoms with van der Waals surface area (Å²) in [7, 11) is 0. The van der Waals surface area contributed by atoms with Gasteiger partial charge in [-0.1, -0.05) is 60.7 Å². The number of rotatable bonds is 3. The number of hydrogen-bond acceptors (Lipinski definition) is 2. The monoisotopic (exact) mass is 294 g/mol. The smallest absolute Gasteiger partial charge is 0.246 e. The lowest BCUT2D eigenvalue weighted by molar-refractivity contribution is -0.135. The van der Waals surface area contributed by atoms with Gasteiger partial charge in [0.15, 0.2) is 0 Å². The Morgan fingerprint density at radius 3 is 2.32 bits per heavy atom. The van der Waals surface area contributed by atoms with Crippen LogP contribution in [0.5, 0.6) is 0 Å². The van der Waals surface area contributed by atoms with Crippen molar-refractivity contribution in [1.29, 1.82) is 0 Å². The molecular weight excluding hydrogens is 272 g/mol. The van der Waals surface area contributed by atoms with Crippen LogP contribution in [0.4, 0.5) is 0 Å². The molecule has 0 spiro atoms. The summed E-state index contributed by atoms with van der Waals surface area (Å²) in [5.74, 6) is 0.425. The highest BCUT2D eigenvalue weighted by Gasteiger charge is 2.37. The fourth-order valence-electron chi connectivity index (χ4n) is 3.18. The minimum atomic E-state index is -0.965. The van der Waals surface area contributed by atoms with Crippen LogP contribution >= 0.6 is 0 Å². The fourth-order valence-corrected chi connectivity index (χ4v) is 3.18. The first-order valence-electron chi connectivity index (χ1n) is 7.78. The number of amides is 1. The second-order valence-corrected chi connectivity index (χ2v) is 6.22. The molecule has 1 amide bonds. The predicted octanol–water partition coefficient (Wildman–Crippen LogP) is 2.88. The molecule has 2 aromatic rings. The average molecular weight is 294 g/mol. The quantitative estimate of drug-likeness (QED) is 0.946. The van der Waals surface area contributed by atoms with E-state index < -0.39 is 5.54 Å². The van der Waals surface area contributed by atoms with Gasteiger partial charge in [0.05, 0.1) is 0 Å². The Balaban J connectivity index is 1.74. The minimum Gasteiger partial charge on any atom is -0.340 e. The number of nitrogens with two attached hydrogens (primary N) is 1. The molecule has 0 bridgehead atoms. The first-order chi connectivity index (χ1) is 10.6. The lowest BCUT2D eigenvalue weighted by atomic mass is 9.91. The van der Waals surface area contributed by atoms with Crippen LogP contribution in [0, 0.1) is 0 Å².